The second-order valence-corrected chi connectivity index (χ2v) is 7.38. The quantitative estimate of drug-likeness (QED) is 0.746. The van der Waals surface area contributed by atoms with Crippen molar-refractivity contribution in [3.63, 3.8) is 0 Å². The van der Waals surface area contributed by atoms with Crippen LogP contribution in [-0.4, -0.2) is 40.3 Å². The minimum atomic E-state index is -4.01. The number of hydrogen-bond donors (Lipinski definition) is 1. The van der Waals surface area contributed by atoms with Crippen molar-refractivity contribution in [3.05, 3.63) is 34.6 Å². The molecule has 0 amide bonds. The van der Waals surface area contributed by atoms with Crippen LogP contribution in [0.2, 0.25) is 5.02 Å². The molecule has 0 aliphatic heterocycles. The lowest BCUT2D eigenvalue weighted by molar-refractivity contribution is 0.0589. The van der Waals surface area contributed by atoms with Crippen molar-refractivity contribution in [2.24, 2.45) is 7.05 Å². The van der Waals surface area contributed by atoms with Crippen molar-refractivity contribution in [2.75, 3.05) is 26.1 Å². The van der Waals surface area contributed by atoms with E-state index < -0.39 is 16.0 Å². The molecule has 2 rings (SSSR count). The van der Waals surface area contributed by atoms with E-state index in [0.29, 0.717) is 11.4 Å². The fourth-order valence-corrected chi connectivity index (χ4v) is 3.98. The molecular formula is C16H19ClN2O6S. The Morgan fingerprint density at radius 1 is 1.12 bits per heavy atom. The molecule has 1 heterocycles. The van der Waals surface area contributed by atoms with E-state index in [9.17, 15) is 13.2 Å². The number of halogens is 1. The molecule has 26 heavy (non-hydrogen) atoms. The molecule has 0 aliphatic rings. The van der Waals surface area contributed by atoms with Gasteiger partial charge in [-0.25, -0.2) is 13.2 Å². The Bertz CT molecular complexity index is 952. The second-order valence-electron chi connectivity index (χ2n) is 5.32. The summed E-state index contributed by atoms with van der Waals surface area (Å²) >= 11 is 6.07. The van der Waals surface area contributed by atoms with Crippen LogP contribution >= 0.6 is 11.6 Å². The fraction of sp³-hybridized carbons (Fsp3) is 0.312. The summed E-state index contributed by atoms with van der Waals surface area (Å²) in [5.41, 5.74) is 0.628. The molecule has 0 unspecified atom stereocenters. The first-order valence-corrected chi connectivity index (χ1v) is 9.21. The summed E-state index contributed by atoms with van der Waals surface area (Å²) in [7, 11) is 1.61. The largest absolute Gasteiger partial charge is 0.495 e. The van der Waals surface area contributed by atoms with Crippen LogP contribution in [0.5, 0.6) is 11.5 Å². The molecule has 2 aromatic rings. The number of carbonyl (C=O) groups is 1. The first kappa shape index (κ1) is 19.9. The van der Waals surface area contributed by atoms with Crippen LogP contribution < -0.4 is 14.2 Å². The number of carbonyl (C=O) groups excluding carboxylic acids is 1. The SMILES string of the molecule is COC(=O)c1cc(S(=O)(=O)Nc2cc(Cl)c(OC)cc2OC)c(C)n1C. The van der Waals surface area contributed by atoms with E-state index in [1.165, 1.54) is 44.1 Å². The summed E-state index contributed by atoms with van der Waals surface area (Å²) in [4.78, 5) is 11.7. The number of esters is 1. The van der Waals surface area contributed by atoms with Gasteiger partial charge in [0.15, 0.2) is 0 Å². The molecule has 1 aromatic carbocycles. The van der Waals surface area contributed by atoms with Gasteiger partial charge in [-0.05, 0) is 19.1 Å². The number of benzene rings is 1. The molecule has 8 nitrogen and oxygen atoms in total. The summed E-state index contributed by atoms with van der Waals surface area (Å²) in [5.74, 6) is -0.0611. The van der Waals surface area contributed by atoms with Crippen LogP contribution in [0.4, 0.5) is 5.69 Å². The Morgan fingerprint density at radius 3 is 2.27 bits per heavy atom. The lowest BCUT2D eigenvalue weighted by Crippen LogP contribution is -2.14. The molecule has 0 aliphatic carbocycles. The Morgan fingerprint density at radius 2 is 1.73 bits per heavy atom. The van der Waals surface area contributed by atoms with Crippen LogP contribution in [0.25, 0.3) is 0 Å². The van der Waals surface area contributed by atoms with E-state index >= 15 is 0 Å². The first-order valence-electron chi connectivity index (χ1n) is 7.35. The predicted octanol–water partition coefficient (Wildman–Crippen LogP) is 2.59. The van der Waals surface area contributed by atoms with Gasteiger partial charge in [0.25, 0.3) is 10.0 Å². The van der Waals surface area contributed by atoms with Crippen molar-refractivity contribution >= 4 is 33.3 Å². The smallest absolute Gasteiger partial charge is 0.354 e. The molecule has 0 atom stereocenters. The van der Waals surface area contributed by atoms with Crippen LogP contribution in [0.3, 0.4) is 0 Å². The van der Waals surface area contributed by atoms with Gasteiger partial charge in [0.05, 0.1) is 32.0 Å². The van der Waals surface area contributed by atoms with E-state index in [0.717, 1.165) is 0 Å². The first-order chi connectivity index (χ1) is 12.2. The molecule has 0 fully saturated rings. The van der Waals surface area contributed by atoms with Crippen molar-refractivity contribution in [3.8, 4) is 11.5 Å². The molecule has 0 saturated carbocycles. The number of nitrogens with one attached hydrogen (secondary N) is 1. The van der Waals surface area contributed by atoms with E-state index in [-0.39, 0.29) is 27.0 Å². The Kier molecular flexibility index (Phi) is 5.72. The highest BCUT2D eigenvalue weighted by molar-refractivity contribution is 7.92. The van der Waals surface area contributed by atoms with Crippen molar-refractivity contribution < 1.29 is 27.4 Å². The summed E-state index contributed by atoms with van der Waals surface area (Å²) in [5, 5.41) is 0.214. The minimum Gasteiger partial charge on any atom is -0.495 e. The number of nitrogens with zero attached hydrogens (tertiary/aromatic N) is 1. The summed E-state index contributed by atoms with van der Waals surface area (Å²) in [6, 6.07) is 4.11. The number of aromatic nitrogens is 1. The van der Waals surface area contributed by atoms with Gasteiger partial charge in [-0.3, -0.25) is 4.72 Å². The lowest BCUT2D eigenvalue weighted by Gasteiger charge is -2.14. The average molecular weight is 403 g/mol. The van der Waals surface area contributed by atoms with Crippen LogP contribution in [-0.2, 0) is 21.8 Å². The van der Waals surface area contributed by atoms with Gasteiger partial charge in [-0.1, -0.05) is 11.6 Å². The Hall–Kier alpha value is -2.39. The monoisotopic (exact) mass is 402 g/mol. The number of methoxy groups -OCH3 is 3. The maximum atomic E-state index is 12.8. The topological polar surface area (TPSA) is 95.9 Å². The van der Waals surface area contributed by atoms with Crippen molar-refractivity contribution in [1.29, 1.82) is 0 Å². The van der Waals surface area contributed by atoms with E-state index in [2.05, 4.69) is 9.46 Å². The highest BCUT2D eigenvalue weighted by Crippen LogP contribution is 2.37. The molecule has 0 saturated heterocycles. The normalized spacial score (nSPS) is 11.2. The molecule has 10 heteroatoms. The van der Waals surface area contributed by atoms with Gasteiger partial charge in [0.2, 0.25) is 0 Å². The minimum absolute atomic E-state index is 0.0607. The number of hydrogen-bond acceptors (Lipinski definition) is 6. The summed E-state index contributed by atoms with van der Waals surface area (Å²) < 4.78 is 44.5. The van der Waals surface area contributed by atoms with Crippen molar-refractivity contribution in [2.45, 2.75) is 11.8 Å². The third kappa shape index (κ3) is 3.58. The van der Waals surface area contributed by atoms with Crippen LogP contribution in [0.15, 0.2) is 23.1 Å². The molecule has 142 valence electrons. The van der Waals surface area contributed by atoms with Gasteiger partial charge in [-0.2, -0.15) is 0 Å². The third-order valence-corrected chi connectivity index (χ3v) is 5.67. The number of sulfonamides is 1. The molecule has 1 aromatic heterocycles. The van der Waals surface area contributed by atoms with E-state index in [1.54, 1.807) is 14.0 Å². The summed E-state index contributed by atoms with van der Waals surface area (Å²) in [6.07, 6.45) is 0. The zero-order chi connectivity index (χ0) is 19.6. The number of rotatable bonds is 6. The number of ether oxygens (including phenoxy) is 3. The lowest BCUT2D eigenvalue weighted by atomic mass is 10.3. The maximum Gasteiger partial charge on any atom is 0.354 e. The van der Waals surface area contributed by atoms with Gasteiger partial charge in [0, 0.05) is 18.8 Å². The number of anilines is 1. The zero-order valence-electron chi connectivity index (χ0n) is 14.9. The maximum absolute atomic E-state index is 12.8. The fourth-order valence-electron chi connectivity index (χ4n) is 2.38. The molecular weight excluding hydrogens is 384 g/mol. The third-order valence-electron chi connectivity index (χ3n) is 3.89. The predicted molar refractivity (Wildman–Crippen MR) is 96.9 cm³/mol. The molecule has 0 radical (unpaired) electrons. The molecule has 0 spiro atoms. The van der Waals surface area contributed by atoms with Gasteiger partial charge in [-0.15, -0.1) is 0 Å². The second kappa shape index (κ2) is 7.46. The molecule has 0 bridgehead atoms. The standard InChI is InChI=1S/C16H19ClN2O6S/c1-9-15(7-12(19(9)2)16(20)25-5)26(21,22)18-11-6-10(17)13(23-3)8-14(11)24-4/h6-8,18H,1-5H3. The highest BCUT2D eigenvalue weighted by Gasteiger charge is 2.26. The van der Waals surface area contributed by atoms with E-state index in [1.807, 2.05) is 0 Å². The summed E-state index contributed by atoms with van der Waals surface area (Å²) in [6.45, 7) is 1.58. The van der Waals surface area contributed by atoms with Crippen molar-refractivity contribution in [1.82, 2.24) is 4.57 Å². The molecule has 1 N–H and O–H groups in total. The van der Waals surface area contributed by atoms with E-state index in [4.69, 9.17) is 21.1 Å². The highest BCUT2D eigenvalue weighted by atomic mass is 35.5. The van der Waals surface area contributed by atoms with Gasteiger partial charge >= 0.3 is 5.97 Å². The van der Waals surface area contributed by atoms with Gasteiger partial charge < -0.3 is 18.8 Å². The Labute approximate surface area is 156 Å². The zero-order valence-corrected chi connectivity index (χ0v) is 16.5. The average Bonchev–Trinajstić information content (AvgIpc) is 2.90. The van der Waals surface area contributed by atoms with Gasteiger partial charge in [0.1, 0.15) is 22.1 Å². The Balaban J connectivity index is 2.51. The van der Waals surface area contributed by atoms with Crippen LogP contribution in [0, 0.1) is 6.92 Å². The van der Waals surface area contributed by atoms with Crippen LogP contribution in [0.1, 0.15) is 16.2 Å².